The molecule has 1 aliphatic heterocycles. The first-order chi connectivity index (χ1) is 6.93. The molecule has 1 unspecified atom stereocenters. The summed E-state index contributed by atoms with van der Waals surface area (Å²) >= 11 is 3.68. The number of carbonyl (C=O) groups excluding carboxylic acids is 4. The molecule has 0 N–H and O–H groups in total. The van der Waals surface area contributed by atoms with Crippen molar-refractivity contribution in [2.24, 2.45) is 0 Å². The Balaban J connectivity index is 2.62. The summed E-state index contributed by atoms with van der Waals surface area (Å²) < 4.78 is 0. The number of imide groups is 1. The first-order valence-electron chi connectivity index (χ1n) is 4.19. The average Bonchev–Trinajstić information content (AvgIpc) is 2.47. The van der Waals surface area contributed by atoms with Crippen LogP contribution in [0.15, 0.2) is 0 Å². The van der Waals surface area contributed by atoms with E-state index >= 15 is 0 Å². The third-order valence-corrected chi connectivity index (χ3v) is 2.37. The Labute approximate surface area is 90.9 Å². The fourth-order valence-electron chi connectivity index (χ4n) is 0.964. The third-order valence-electron chi connectivity index (χ3n) is 1.80. The molecule has 1 aliphatic rings. The molecule has 1 saturated heterocycles. The molecule has 2 amide bonds. The molecule has 0 bridgehead atoms. The second kappa shape index (κ2) is 4.43. The van der Waals surface area contributed by atoms with E-state index in [1.165, 1.54) is 0 Å². The Hall–Kier alpha value is -1.37. The highest BCUT2D eigenvalue weighted by molar-refractivity contribution is 7.82. The second-order valence-electron chi connectivity index (χ2n) is 3.01. The van der Waals surface area contributed by atoms with Crippen LogP contribution in [-0.2, 0) is 24.0 Å². The van der Waals surface area contributed by atoms with Crippen LogP contribution in [0.4, 0.5) is 0 Å². The summed E-state index contributed by atoms with van der Waals surface area (Å²) in [5.74, 6) is -2.70. The van der Waals surface area contributed by atoms with Gasteiger partial charge in [0.05, 0.1) is 0 Å². The largest absolute Gasteiger partial charge is 0.353 e. The van der Waals surface area contributed by atoms with Crippen LogP contribution in [0.2, 0.25) is 0 Å². The van der Waals surface area contributed by atoms with E-state index in [0.29, 0.717) is 5.06 Å². The number of hydrogen-bond donors (Lipinski definition) is 1. The lowest BCUT2D eigenvalue weighted by Crippen LogP contribution is -2.36. The van der Waals surface area contributed by atoms with Gasteiger partial charge in [-0.3, -0.25) is 14.4 Å². The van der Waals surface area contributed by atoms with Gasteiger partial charge in [0.2, 0.25) is 0 Å². The number of ketones is 1. The topological polar surface area (TPSA) is 80.8 Å². The lowest BCUT2D eigenvalue weighted by Gasteiger charge is -2.14. The molecule has 0 spiro atoms. The van der Waals surface area contributed by atoms with E-state index in [9.17, 15) is 19.2 Å². The van der Waals surface area contributed by atoms with Crippen LogP contribution in [0.1, 0.15) is 19.8 Å². The first kappa shape index (κ1) is 11.7. The van der Waals surface area contributed by atoms with Crippen molar-refractivity contribution in [2.45, 2.75) is 25.0 Å². The maximum Gasteiger partial charge on any atom is 0.353 e. The Morgan fingerprint density at radius 3 is 2.20 bits per heavy atom. The van der Waals surface area contributed by atoms with Gasteiger partial charge in [-0.15, -0.1) is 5.06 Å². The van der Waals surface area contributed by atoms with E-state index in [1.807, 2.05) is 0 Å². The van der Waals surface area contributed by atoms with Gasteiger partial charge >= 0.3 is 5.97 Å². The fraction of sp³-hybridized carbons (Fsp3) is 0.500. The van der Waals surface area contributed by atoms with Gasteiger partial charge in [-0.2, -0.15) is 12.6 Å². The summed E-state index contributed by atoms with van der Waals surface area (Å²) in [4.78, 5) is 48.4. The summed E-state index contributed by atoms with van der Waals surface area (Å²) in [5.41, 5.74) is 0. The van der Waals surface area contributed by atoms with Crippen LogP contribution in [0, 0.1) is 0 Å². The number of amides is 2. The van der Waals surface area contributed by atoms with E-state index < -0.39 is 28.8 Å². The maximum absolute atomic E-state index is 11.2. The molecule has 1 rings (SSSR count). The van der Waals surface area contributed by atoms with Crippen molar-refractivity contribution >= 4 is 36.2 Å². The quantitative estimate of drug-likeness (QED) is 0.401. The van der Waals surface area contributed by atoms with Crippen molar-refractivity contribution in [2.75, 3.05) is 0 Å². The molecule has 1 heterocycles. The van der Waals surface area contributed by atoms with Crippen molar-refractivity contribution < 1.29 is 24.0 Å². The molecule has 6 nitrogen and oxygen atoms in total. The summed E-state index contributed by atoms with van der Waals surface area (Å²) in [6, 6.07) is 0. The van der Waals surface area contributed by atoms with Gasteiger partial charge in [0.25, 0.3) is 11.8 Å². The molecule has 0 radical (unpaired) electrons. The van der Waals surface area contributed by atoms with Gasteiger partial charge in [0.15, 0.2) is 11.0 Å². The van der Waals surface area contributed by atoms with Crippen LogP contribution >= 0.6 is 12.6 Å². The van der Waals surface area contributed by atoms with Crippen molar-refractivity contribution in [1.29, 1.82) is 0 Å². The van der Waals surface area contributed by atoms with Crippen molar-refractivity contribution in [3.63, 3.8) is 0 Å². The van der Waals surface area contributed by atoms with E-state index in [-0.39, 0.29) is 12.8 Å². The number of carbonyl (C=O) groups is 4. The minimum Gasteiger partial charge on any atom is -0.329 e. The zero-order chi connectivity index (χ0) is 11.6. The first-order valence-corrected chi connectivity index (χ1v) is 4.71. The van der Waals surface area contributed by atoms with Crippen LogP contribution in [-0.4, -0.2) is 33.9 Å². The highest BCUT2D eigenvalue weighted by atomic mass is 32.1. The van der Waals surface area contributed by atoms with Crippen LogP contribution in [0.3, 0.4) is 0 Å². The number of nitrogens with zero attached hydrogens (tertiary/aromatic N) is 1. The van der Waals surface area contributed by atoms with Gasteiger partial charge < -0.3 is 4.84 Å². The lowest BCUT2D eigenvalue weighted by molar-refractivity contribution is -0.197. The summed E-state index contributed by atoms with van der Waals surface area (Å²) in [7, 11) is 0. The Kier molecular flexibility index (Phi) is 3.46. The van der Waals surface area contributed by atoms with Gasteiger partial charge in [0, 0.05) is 12.8 Å². The van der Waals surface area contributed by atoms with Crippen molar-refractivity contribution in [1.82, 2.24) is 5.06 Å². The van der Waals surface area contributed by atoms with E-state index in [2.05, 4.69) is 17.5 Å². The van der Waals surface area contributed by atoms with Gasteiger partial charge in [0.1, 0.15) is 0 Å². The fourth-order valence-corrected chi connectivity index (χ4v) is 1.01. The van der Waals surface area contributed by atoms with Gasteiger partial charge in [-0.1, -0.05) is 0 Å². The van der Waals surface area contributed by atoms with Crippen LogP contribution in [0.25, 0.3) is 0 Å². The second-order valence-corrected chi connectivity index (χ2v) is 3.52. The Morgan fingerprint density at radius 1 is 1.33 bits per heavy atom. The molecule has 0 aromatic carbocycles. The van der Waals surface area contributed by atoms with Crippen LogP contribution < -0.4 is 0 Å². The molecule has 82 valence electrons. The average molecular weight is 231 g/mol. The van der Waals surface area contributed by atoms with Crippen molar-refractivity contribution in [3.8, 4) is 0 Å². The number of Topliss-reactive ketones (excluding diaryl/α,β-unsaturated/α-hetero) is 1. The molecule has 0 saturated carbocycles. The highest BCUT2D eigenvalue weighted by Crippen LogP contribution is 2.13. The molecule has 0 aromatic rings. The summed E-state index contributed by atoms with van der Waals surface area (Å²) in [6.07, 6.45) is 0.0346. The van der Waals surface area contributed by atoms with E-state index in [1.54, 1.807) is 0 Å². The smallest absolute Gasteiger partial charge is 0.329 e. The molecular weight excluding hydrogens is 222 g/mol. The zero-order valence-corrected chi connectivity index (χ0v) is 8.82. The minimum absolute atomic E-state index is 0.0173. The SMILES string of the molecule is CC(=O)C(S)C(=O)ON1C(=O)CCC1=O. The van der Waals surface area contributed by atoms with Crippen molar-refractivity contribution in [3.05, 3.63) is 0 Å². The number of thiol groups is 1. The number of rotatable bonds is 3. The van der Waals surface area contributed by atoms with Crippen LogP contribution in [0.5, 0.6) is 0 Å². The molecule has 7 heteroatoms. The lowest BCUT2D eigenvalue weighted by atomic mass is 10.3. The van der Waals surface area contributed by atoms with Gasteiger partial charge in [-0.25, -0.2) is 4.79 Å². The van der Waals surface area contributed by atoms with E-state index in [4.69, 9.17) is 0 Å². The monoisotopic (exact) mass is 231 g/mol. The minimum atomic E-state index is -1.27. The predicted octanol–water partition coefficient (Wildman–Crippen LogP) is -0.519. The molecule has 0 aromatic heterocycles. The van der Waals surface area contributed by atoms with Gasteiger partial charge in [-0.05, 0) is 6.92 Å². The van der Waals surface area contributed by atoms with E-state index in [0.717, 1.165) is 6.92 Å². The standard InChI is InChI=1S/C8H9NO5S/c1-4(10)7(15)8(13)14-9-5(11)2-3-6(9)12/h7,15H,2-3H2,1H3. The highest BCUT2D eigenvalue weighted by Gasteiger charge is 2.34. The maximum atomic E-state index is 11.2. The Bertz CT molecular complexity index is 324. The summed E-state index contributed by atoms with van der Waals surface area (Å²) in [5, 5.41) is -0.889. The molecule has 15 heavy (non-hydrogen) atoms. The molecular formula is C8H9NO5S. The molecule has 1 atom stereocenters. The Morgan fingerprint density at radius 2 is 1.80 bits per heavy atom. The summed E-state index contributed by atoms with van der Waals surface area (Å²) in [6.45, 7) is 1.16. The third kappa shape index (κ3) is 2.56. The number of hydrogen-bond acceptors (Lipinski definition) is 6. The molecule has 0 aliphatic carbocycles. The predicted molar refractivity (Wildman–Crippen MR) is 50.6 cm³/mol. The number of hydroxylamine groups is 2. The zero-order valence-electron chi connectivity index (χ0n) is 7.93. The molecule has 1 fully saturated rings. The normalized spacial score (nSPS) is 17.9.